The van der Waals surface area contributed by atoms with E-state index >= 15 is 0 Å². The first-order valence-corrected chi connectivity index (χ1v) is 5.35. The molecule has 0 radical (unpaired) electrons. The third-order valence-corrected chi connectivity index (χ3v) is 2.87. The fourth-order valence-corrected chi connectivity index (χ4v) is 1.98. The van der Waals surface area contributed by atoms with Gasteiger partial charge in [0, 0.05) is 25.7 Å². The lowest BCUT2D eigenvalue weighted by molar-refractivity contribution is 0.240. The van der Waals surface area contributed by atoms with Gasteiger partial charge in [0.1, 0.15) is 5.75 Å². The number of piperazine rings is 1. The maximum absolute atomic E-state index is 5.23. The standard InChI is InChI=1S/C12H18N2O/c1-14-7-6-13-12(9-14)10-4-3-5-11(8-10)15-2/h3-5,8,12-13H,6-7,9H2,1-2H3. The van der Waals surface area contributed by atoms with Crippen molar-refractivity contribution in [1.29, 1.82) is 0 Å². The van der Waals surface area contributed by atoms with Crippen LogP contribution in [0.5, 0.6) is 5.75 Å². The molecule has 0 aliphatic carbocycles. The molecule has 1 unspecified atom stereocenters. The number of hydrogen-bond acceptors (Lipinski definition) is 3. The van der Waals surface area contributed by atoms with Crippen LogP contribution < -0.4 is 10.1 Å². The van der Waals surface area contributed by atoms with Crippen LogP contribution in [0.3, 0.4) is 0 Å². The van der Waals surface area contributed by atoms with Crippen LogP contribution in [0.2, 0.25) is 0 Å². The van der Waals surface area contributed by atoms with Crippen molar-refractivity contribution >= 4 is 0 Å². The van der Waals surface area contributed by atoms with E-state index < -0.39 is 0 Å². The Morgan fingerprint density at radius 1 is 1.47 bits per heavy atom. The molecule has 2 rings (SSSR count). The summed E-state index contributed by atoms with van der Waals surface area (Å²) in [5.41, 5.74) is 1.31. The van der Waals surface area contributed by atoms with Gasteiger partial charge >= 0.3 is 0 Å². The molecule has 1 saturated heterocycles. The topological polar surface area (TPSA) is 24.5 Å². The van der Waals surface area contributed by atoms with Gasteiger partial charge in [-0.3, -0.25) is 0 Å². The van der Waals surface area contributed by atoms with Crippen LogP contribution in [0, 0.1) is 0 Å². The summed E-state index contributed by atoms with van der Waals surface area (Å²) in [7, 11) is 3.87. The minimum absolute atomic E-state index is 0.429. The van der Waals surface area contributed by atoms with Crippen LogP contribution >= 0.6 is 0 Å². The molecule has 1 aliphatic heterocycles. The molecule has 1 N–H and O–H groups in total. The summed E-state index contributed by atoms with van der Waals surface area (Å²) in [6, 6.07) is 8.72. The molecule has 1 atom stereocenters. The molecule has 1 aromatic carbocycles. The number of rotatable bonds is 2. The maximum Gasteiger partial charge on any atom is 0.119 e. The molecule has 1 aromatic rings. The van der Waals surface area contributed by atoms with E-state index in [1.54, 1.807) is 7.11 Å². The Morgan fingerprint density at radius 3 is 3.07 bits per heavy atom. The monoisotopic (exact) mass is 206 g/mol. The van der Waals surface area contributed by atoms with Crippen molar-refractivity contribution in [3.63, 3.8) is 0 Å². The van der Waals surface area contributed by atoms with Gasteiger partial charge in [0.05, 0.1) is 7.11 Å². The van der Waals surface area contributed by atoms with Crippen molar-refractivity contribution in [3.8, 4) is 5.75 Å². The van der Waals surface area contributed by atoms with Gasteiger partial charge < -0.3 is 15.0 Å². The Labute approximate surface area is 91.0 Å². The van der Waals surface area contributed by atoms with Gasteiger partial charge in [0.2, 0.25) is 0 Å². The maximum atomic E-state index is 5.23. The van der Waals surface area contributed by atoms with Crippen molar-refractivity contribution in [2.45, 2.75) is 6.04 Å². The lowest BCUT2D eigenvalue weighted by Crippen LogP contribution is -2.43. The van der Waals surface area contributed by atoms with Gasteiger partial charge in [0.15, 0.2) is 0 Å². The third-order valence-electron chi connectivity index (χ3n) is 2.87. The predicted octanol–water partition coefficient (Wildman–Crippen LogP) is 1.27. The number of hydrogen-bond donors (Lipinski definition) is 1. The van der Waals surface area contributed by atoms with E-state index in [1.165, 1.54) is 5.56 Å². The second kappa shape index (κ2) is 4.64. The molecular weight excluding hydrogens is 188 g/mol. The summed E-state index contributed by atoms with van der Waals surface area (Å²) in [6.07, 6.45) is 0. The highest BCUT2D eigenvalue weighted by atomic mass is 16.5. The van der Waals surface area contributed by atoms with E-state index in [-0.39, 0.29) is 0 Å². The number of methoxy groups -OCH3 is 1. The molecule has 0 bridgehead atoms. The van der Waals surface area contributed by atoms with E-state index in [2.05, 4.69) is 29.4 Å². The lowest BCUT2D eigenvalue weighted by atomic mass is 10.0. The molecule has 0 amide bonds. The summed E-state index contributed by atoms with van der Waals surface area (Å²) in [6.45, 7) is 3.24. The summed E-state index contributed by atoms with van der Waals surface area (Å²) in [5, 5.41) is 3.52. The SMILES string of the molecule is COc1cccc(C2CN(C)CCN2)c1. The lowest BCUT2D eigenvalue weighted by Gasteiger charge is -2.31. The van der Waals surface area contributed by atoms with Crippen molar-refractivity contribution in [1.82, 2.24) is 10.2 Å². The summed E-state index contributed by atoms with van der Waals surface area (Å²) in [5.74, 6) is 0.933. The minimum atomic E-state index is 0.429. The van der Waals surface area contributed by atoms with Crippen LogP contribution in [-0.4, -0.2) is 38.7 Å². The number of nitrogens with zero attached hydrogens (tertiary/aromatic N) is 1. The fraction of sp³-hybridized carbons (Fsp3) is 0.500. The van der Waals surface area contributed by atoms with Gasteiger partial charge in [-0.1, -0.05) is 12.1 Å². The van der Waals surface area contributed by atoms with Crippen LogP contribution in [0.4, 0.5) is 0 Å². The Bertz CT molecular complexity index is 327. The molecule has 0 aromatic heterocycles. The van der Waals surface area contributed by atoms with Crippen LogP contribution in [-0.2, 0) is 0 Å². The van der Waals surface area contributed by atoms with Crippen molar-refractivity contribution in [3.05, 3.63) is 29.8 Å². The number of likely N-dealkylation sites (N-methyl/N-ethyl adjacent to an activating group) is 1. The molecule has 15 heavy (non-hydrogen) atoms. The van der Waals surface area contributed by atoms with Crippen LogP contribution in [0.1, 0.15) is 11.6 Å². The molecule has 0 saturated carbocycles. The van der Waals surface area contributed by atoms with Gasteiger partial charge in [-0.2, -0.15) is 0 Å². The summed E-state index contributed by atoms with van der Waals surface area (Å²) in [4.78, 5) is 2.35. The Morgan fingerprint density at radius 2 is 2.33 bits per heavy atom. The Hall–Kier alpha value is -1.06. The van der Waals surface area contributed by atoms with E-state index in [0.717, 1.165) is 25.4 Å². The van der Waals surface area contributed by atoms with Crippen molar-refractivity contribution in [2.24, 2.45) is 0 Å². The van der Waals surface area contributed by atoms with Crippen LogP contribution in [0.15, 0.2) is 24.3 Å². The molecule has 3 heteroatoms. The molecule has 1 heterocycles. The Balaban J connectivity index is 2.13. The molecule has 0 spiro atoms. The average molecular weight is 206 g/mol. The molecule has 1 fully saturated rings. The zero-order valence-corrected chi connectivity index (χ0v) is 9.36. The highest BCUT2D eigenvalue weighted by molar-refractivity contribution is 5.30. The second-order valence-electron chi connectivity index (χ2n) is 4.05. The van der Waals surface area contributed by atoms with Gasteiger partial charge in [0.25, 0.3) is 0 Å². The third kappa shape index (κ3) is 2.49. The highest BCUT2D eigenvalue weighted by Gasteiger charge is 2.17. The number of ether oxygens (including phenoxy) is 1. The minimum Gasteiger partial charge on any atom is -0.497 e. The quantitative estimate of drug-likeness (QED) is 0.788. The fourth-order valence-electron chi connectivity index (χ4n) is 1.98. The normalized spacial score (nSPS) is 22.7. The zero-order valence-electron chi connectivity index (χ0n) is 9.36. The number of benzene rings is 1. The summed E-state index contributed by atoms with van der Waals surface area (Å²) < 4.78 is 5.23. The smallest absolute Gasteiger partial charge is 0.119 e. The van der Waals surface area contributed by atoms with Crippen molar-refractivity contribution in [2.75, 3.05) is 33.8 Å². The highest BCUT2D eigenvalue weighted by Crippen LogP contribution is 2.20. The number of nitrogens with one attached hydrogen (secondary N) is 1. The van der Waals surface area contributed by atoms with Gasteiger partial charge in [-0.05, 0) is 24.7 Å². The van der Waals surface area contributed by atoms with E-state index in [4.69, 9.17) is 4.74 Å². The van der Waals surface area contributed by atoms with E-state index in [1.807, 2.05) is 12.1 Å². The van der Waals surface area contributed by atoms with E-state index in [9.17, 15) is 0 Å². The van der Waals surface area contributed by atoms with Gasteiger partial charge in [-0.25, -0.2) is 0 Å². The molecule has 1 aliphatic rings. The second-order valence-corrected chi connectivity index (χ2v) is 4.05. The largest absolute Gasteiger partial charge is 0.497 e. The first-order chi connectivity index (χ1) is 7.29. The first-order valence-electron chi connectivity index (χ1n) is 5.35. The van der Waals surface area contributed by atoms with Crippen molar-refractivity contribution < 1.29 is 4.74 Å². The molecule has 3 nitrogen and oxygen atoms in total. The average Bonchev–Trinajstić information content (AvgIpc) is 2.29. The first kappa shape index (κ1) is 10.5. The molecule has 82 valence electrons. The zero-order chi connectivity index (χ0) is 10.7. The van der Waals surface area contributed by atoms with E-state index in [0.29, 0.717) is 6.04 Å². The predicted molar refractivity (Wildman–Crippen MR) is 61.2 cm³/mol. The van der Waals surface area contributed by atoms with Gasteiger partial charge in [-0.15, -0.1) is 0 Å². The molecular formula is C12H18N2O. The Kier molecular flexibility index (Phi) is 3.23. The van der Waals surface area contributed by atoms with Crippen LogP contribution in [0.25, 0.3) is 0 Å². The summed E-state index contributed by atoms with van der Waals surface area (Å²) >= 11 is 0.